The van der Waals surface area contributed by atoms with Gasteiger partial charge in [-0.25, -0.2) is 0 Å². The minimum Gasteiger partial charge on any atom is -0.357 e. The van der Waals surface area contributed by atoms with Gasteiger partial charge in [0, 0.05) is 26.2 Å². The summed E-state index contributed by atoms with van der Waals surface area (Å²) in [5.41, 5.74) is 0. The van der Waals surface area contributed by atoms with Crippen LogP contribution in [0.4, 0.5) is 0 Å². The van der Waals surface area contributed by atoms with Gasteiger partial charge in [0.2, 0.25) is 0 Å². The van der Waals surface area contributed by atoms with E-state index >= 15 is 0 Å². The first-order valence-corrected chi connectivity index (χ1v) is 8.11. The summed E-state index contributed by atoms with van der Waals surface area (Å²) in [5.74, 6) is 0.982. The van der Waals surface area contributed by atoms with Crippen LogP contribution >= 0.6 is 24.0 Å². The molecule has 0 unspecified atom stereocenters. The van der Waals surface area contributed by atoms with E-state index in [1.807, 2.05) is 0 Å². The Morgan fingerprint density at radius 3 is 2.45 bits per heavy atom. The molecular formula is C15H33IN4. The Labute approximate surface area is 142 Å². The summed E-state index contributed by atoms with van der Waals surface area (Å²) in [6, 6.07) is 0. The third-order valence-corrected chi connectivity index (χ3v) is 3.54. The summed E-state index contributed by atoms with van der Waals surface area (Å²) in [7, 11) is 0. The summed E-state index contributed by atoms with van der Waals surface area (Å²) in [6.07, 6.45) is 7.87. The first kappa shape index (κ1) is 20.0. The van der Waals surface area contributed by atoms with Gasteiger partial charge in [0.05, 0.1) is 0 Å². The first-order chi connectivity index (χ1) is 9.36. The van der Waals surface area contributed by atoms with Crippen LogP contribution in [0.5, 0.6) is 0 Å². The summed E-state index contributed by atoms with van der Waals surface area (Å²) in [6.45, 7) is 10.9. The molecule has 0 aromatic heterocycles. The molecule has 0 saturated carbocycles. The second-order valence-electron chi connectivity index (χ2n) is 5.30. The summed E-state index contributed by atoms with van der Waals surface area (Å²) in [5, 5.41) is 6.76. The van der Waals surface area contributed by atoms with Crippen LogP contribution in [0.2, 0.25) is 0 Å². The molecular weight excluding hydrogens is 363 g/mol. The maximum Gasteiger partial charge on any atom is 0.191 e. The molecule has 0 amide bonds. The average molecular weight is 396 g/mol. The van der Waals surface area contributed by atoms with E-state index < -0.39 is 0 Å². The van der Waals surface area contributed by atoms with Crippen LogP contribution in [0.25, 0.3) is 0 Å². The van der Waals surface area contributed by atoms with Gasteiger partial charge in [-0.2, -0.15) is 0 Å². The van der Waals surface area contributed by atoms with Gasteiger partial charge in [0.1, 0.15) is 0 Å². The van der Waals surface area contributed by atoms with Crippen LogP contribution in [0, 0.1) is 0 Å². The lowest BCUT2D eigenvalue weighted by Crippen LogP contribution is -2.42. The predicted molar refractivity (Wildman–Crippen MR) is 99.2 cm³/mol. The van der Waals surface area contributed by atoms with Crippen molar-refractivity contribution in [2.24, 2.45) is 4.99 Å². The van der Waals surface area contributed by atoms with Crippen LogP contribution < -0.4 is 10.6 Å². The van der Waals surface area contributed by atoms with Crippen molar-refractivity contribution >= 4 is 29.9 Å². The largest absolute Gasteiger partial charge is 0.357 e. The van der Waals surface area contributed by atoms with Crippen molar-refractivity contribution in [2.45, 2.75) is 52.4 Å². The number of likely N-dealkylation sites (tertiary alicyclic amines) is 1. The van der Waals surface area contributed by atoms with E-state index in [1.165, 1.54) is 51.6 Å². The van der Waals surface area contributed by atoms with Gasteiger partial charge >= 0.3 is 0 Å². The molecule has 4 nitrogen and oxygen atoms in total. The van der Waals surface area contributed by atoms with Gasteiger partial charge in [0.25, 0.3) is 0 Å². The van der Waals surface area contributed by atoms with Crippen molar-refractivity contribution in [3.63, 3.8) is 0 Å². The lowest BCUT2D eigenvalue weighted by Gasteiger charge is -2.26. The van der Waals surface area contributed by atoms with E-state index in [4.69, 9.17) is 0 Å². The molecule has 120 valence electrons. The number of nitrogens with zero attached hydrogens (tertiary/aromatic N) is 2. The molecule has 0 radical (unpaired) electrons. The highest BCUT2D eigenvalue weighted by Gasteiger charge is 2.09. The molecule has 0 aromatic carbocycles. The summed E-state index contributed by atoms with van der Waals surface area (Å²) < 4.78 is 0. The van der Waals surface area contributed by atoms with Crippen molar-refractivity contribution < 1.29 is 0 Å². The molecule has 1 aliphatic heterocycles. The van der Waals surface area contributed by atoms with Gasteiger partial charge in [0.15, 0.2) is 5.96 Å². The molecule has 0 spiro atoms. The number of guanidine groups is 1. The second-order valence-corrected chi connectivity index (χ2v) is 5.30. The van der Waals surface area contributed by atoms with Crippen LogP contribution in [-0.4, -0.2) is 50.1 Å². The minimum absolute atomic E-state index is 0. The molecule has 2 N–H and O–H groups in total. The fourth-order valence-corrected chi connectivity index (χ4v) is 2.41. The van der Waals surface area contributed by atoms with Crippen molar-refractivity contribution in [3.05, 3.63) is 0 Å². The summed E-state index contributed by atoms with van der Waals surface area (Å²) in [4.78, 5) is 7.16. The number of rotatable bonds is 8. The number of halogens is 1. The van der Waals surface area contributed by atoms with Gasteiger partial charge in [-0.3, -0.25) is 4.99 Å². The Balaban J connectivity index is 0.00000361. The number of piperidine rings is 1. The van der Waals surface area contributed by atoms with Crippen LogP contribution in [0.15, 0.2) is 4.99 Å². The number of hydrogen-bond acceptors (Lipinski definition) is 2. The Bertz CT molecular complexity index is 240. The second kappa shape index (κ2) is 13.9. The predicted octanol–water partition coefficient (Wildman–Crippen LogP) is 2.84. The number of unbranched alkanes of at least 4 members (excludes halogenated alkanes) is 2. The van der Waals surface area contributed by atoms with Crippen LogP contribution in [0.3, 0.4) is 0 Å². The molecule has 1 saturated heterocycles. The normalized spacial score (nSPS) is 16.6. The third-order valence-electron chi connectivity index (χ3n) is 3.54. The maximum atomic E-state index is 4.61. The molecule has 0 aliphatic carbocycles. The highest BCUT2D eigenvalue weighted by molar-refractivity contribution is 14.0. The van der Waals surface area contributed by atoms with Crippen molar-refractivity contribution in [2.75, 3.05) is 39.3 Å². The van der Waals surface area contributed by atoms with Gasteiger partial charge < -0.3 is 15.5 Å². The monoisotopic (exact) mass is 396 g/mol. The lowest BCUT2D eigenvalue weighted by atomic mass is 10.1. The average Bonchev–Trinajstić information content (AvgIpc) is 2.44. The van der Waals surface area contributed by atoms with E-state index in [-0.39, 0.29) is 24.0 Å². The third kappa shape index (κ3) is 9.80. The molecule has 1 aliphatic rings. The topological polar surface area (TPSA) is 39.7 Å². The smallest absolute Gasteiger partial charge is 0.191 e. The number of hydrogen-bond donors (Lipinski definition) is 2. The molecule has 1 rings (SSSR count). The molecule has 1 fully saturated rings. The molecule has 0 aromatic rings. The minimum atomic E-state index is 0. The fraction of sp³-hybridized carbons (Fsp3) is 0.933. The molecule has 20 heavy (non-hydrogen) atoms. The molecule has 0 atom stereocenters. The van der Waals surface area contributed by atoms with E-state index in [2.05, 4.69) is 34.4 Å². The van der Waals surface area contributed by atoms with Crippen LogP contribution in [0.1, 0.15) is 52.4 Å². The number of aliphatic imine (C=N–C) groups is 1. The quantitative estimate of drug-likeness (QED) is 0.287. The standard InChI is InChI=1S/C15H32N4.HI/c1-3-5-7-10-17-15(16-4-2)18-11-14-19-12-8-6-9-13-19;/h3-14H2,1-2H3,(H2,16,17,18);1H. The molecule has 0 bridgehead atoms. The van der Waals surface area contributed by atoms with Gasteiger partial charge in [-0.05, 0) is 39.3 Å². The van der Waals surface area contributed by atoms with E-state index in [1.54, 1.807) is 0 Å². The zero-order valence-electron chi connectivity index (χ0n) is 13.3. The zero-order chi connectivity index (χ0) is 13.8. The molecule has 1 heterocycles. The fourth-order valence-electron chi connectivity index (χ4n) is 2.41. The lowest BCUT2D eigenvalue weighted by molar-refractivity contribution is 0.232. The Morgan fingerprint density at radius 1 is 1.05 bits per heavy atom. The summed E-state index contributed by atoms with van der Waals surface area (Å²) >= 11 is 0. The zero-order valence-corrected chi connectivity index (χ0v) is 15.6. The number of nitrogens with one attached hydrogen (secondary N) is 2. The molecule has 5 heteroatoms. The van der Waals surface area contributed by atoms with E-state index in [0.717, 1.165) is 32.1 Å². The van der Waals surface area contributed by atoms with E-state index in [0.29, 0.717) is 0 Å². The van der Waals surface area contributed by atoms with Crippen molar-refractivity contribution in [1.29, 1.82) is 0 Å². The SMILES string of the molecule is CCCCCN=C(NCC)NCCN1CCCCC1.I. The van der Waals surface area contributed by atoms with Gasteiger partial charge in [-0.1, -0.05) is 26.2 Å². The Hall–Kier alpha value is -0.0400. The van der Waals surface area contributed by atoms with Crippen molar-refractivity contribution in [3.8, 4) is 0 Å². The van der Waals surface area contributed by atoms with Gasteiger partial charge in [-0.15, -0.1) is 24.0 Å². The van der Waals surface area contributed by atoms with Crippen molar-refractivity contribution in [1.82, 2.24) is 15.5 Å². The maximum absolute atomic E-state index is 4.61. The Morgan fingerprint density at radius 2 is 1.80 bits per heavy atom. The highest BCUT2D eigenvalue weighted by Crippen LogP contribution is 2.07. The first-order valence-electron chi connectivity index (χ1n) is 8.11. The van der Waals surface area contributed by atoms with Crippen LogP contribution in [-0.2, 0) is 0 Å². The van der Waals surface area contributed by atoms with E-state index in [9.17, 15) is 0 Å². The highest BCUT2D eigenvalue weighted by atomic mass is 127. The Kier molecular flexibility index (Phi) is 13.9.